The minimum absolute atomic E-state index is 0.00359. The SMILES string of the molecule is CN(C)C1(C(O)C2CCCOC2)CCCCC1. The van der Waals surface area contributed by atoms with Crippen LogP contribution in [0.2, 0.25) is 0 Å². The van der Waals surface area contributed by atoms with Gasteiger partial charge in [-0.3, -0.25) is 0 Å². The minimum Gasteiger partial charge on any atom is -0.391 e. The van der Waals surface area contributed by atoms with Gasteiger partial charge in [-0.05, 0) is 39.8 Å². The van der Waals surface area contributed by atoms with E-state index in [1.807, 2.05) is 0 Å². The van der Waals surface area contributed by atoms with E-state index in [2.05, 4.69) is 19.0 Å². The van der Waals surface area contributed by atoms with Crippen LogP contribution in [0, 0.1) is 5.92 Å². The van der Waals surface area contributed by atoms with Gasteiger partial charge < -0.3 is 14.7 Å². The monoisotopic (exact) mass is 241 g/mol. The number of aliphatic hydroxyl groups is 1. The predicted octanol–water partition coefficient (Wildman–Crippen LogP) is 2.04. The molecular formula is C14H27NO2. The van der Waals surface area contributed by atoms with Crippen LogP contribution in [-0.4, -0.2) is 49.0 Å². The second-order valence-electron chi connectivity index (χ2n) is 5.98. The van der Waals surface area contributed by atoms with Crippen LogP contribution >= 0.6 is 0 Å². The molecule has 0 aromatic rings. The molecule has 1 aliphatic carbocycles. The zero-order valence-corrected chi connectivity index (χ0v) is 11.3. The summed E-state index contributed by atoms with van der Waals surface area (Å²) in [5.41, 5.74) is 0.00359. The number of ether oxygens (including phenoxy) is 1. The number of hydrogen-bond donors (Lipinski definition) is 1. The van der Waals surface area contributed by atoms with E-state index in [-0.39, 0.29) is 11.6 Å². The number of aliphatic hydroxyl groups excluding tert-OH is 1. The lowest BCUT2D eigenvalue weighted by molar-refractivity contribution is -0.0950. The van der Waals surface area contributed by atoms with Gasteiger partial charge in [-0.15, -0.1) is 0 Å². The average Bonchev–Trinajstić information content (AvgIpc) is 2.39. The van der Waals surface area contributed by atoms with E-state index in [4.69, 9.17) is 4.74 Å². The highest BCUT2D eigenvalue weighted by atomic mass is 16.5. The quantitative estimate of drug-likeness (QED) is 0.821. The summed E-state index contributed by atoms with van der Waals surface area (Å²) in [6.45, 7) is 1.62. The van der Waals surface area contributed by atoms with Crippen LogP contribution in [0.25, 0.3) is 0 Å². The van der Waals surface area contributed by atoms with E-state index < -0.39 is 0 Å². The maximum absolute atomic E-state index is 10.8. The average molecular weight is 241 g/mol. The maximum atomic E-state index is 10.8. The van der Waals surface area contributed by atoms with Crippen molar-refractivity contribution in [3.05, 3.63) is 0 Å². The van der Waals surface area contributed by atoms with Crippen LogP contribution in [0.5, 0.6) is 0 Å². The summed E-state index contributed by atoms with van der Waals surface area (Å²) in [4.78, 5) is 2.27. The molecule has 2 atom stereocenters. The van der Waals surface area contributed by atoms with Gasteiger partial charge in [-0.25, -0.2) is 0 Å². The second kappa shape index (κ2) is 5.68. The fraction of sp³-hybridized carbons (Fsp3) is 1.00. The lowest BCUT2D eigenvalue weighted by Crippen LogP contribution is -2.58. The lowest BCUT2D eigenvalue weighted by Gasteiger charge is -2.49. The van der Waals surface area contributed by atoms with Crippen LogP contribution in [0.3, 0.4) is 0 Å². The summed E-state index contributed by atoms with van der Waals surface area (Å²) in [7, 11) is 4.25. The first-order valence-corrected chi connectivity index (χ1v) is 7.10. The fourth-order valence-electron chi connectivity index (χ4n) is 3.62. The van der Waals surface area contributed by atoms with Crippen molar-refractivity contribution in [3.8, 4) is 0 Å². The van der Waals surface area contributed by atoms with Gasteiger partial charge in [-0.1, -0.05) is 19.3 Å². The Morgan fingerprint density at radius 3 is 2.41 bits per heavy atom. The number of hydrogen-bond acceptors (Lipinski definition) is 3. The third-order valence-electron chi connectivity index (χ3n) is 4.80. The Balaban J connectivity index is 2.08. The van der Waals surface area contributed by atoms with Crippen LogP contribution in [-0.2, 0) is 4.74 Å². The van der Waals surface area contributed by atoms with Gasteiger partial charge in [0.15, 0.2) is 0 Å². The van der Waals surface area contributed by atoms with Crippen molar-refractivity contribution in [2.75, 3.05) is 27.3 Å². The molecule has 3 heteroatoms. The van der Waals surface area contributed by atoms with E-state index >= 15 is 0 Å². The summed E-state index contributed by atoms with van der Waals surface area (Å²) in [5.74, 6) is 0.337. The summed E-state index contributed by atoms with van der Waals surface area (Å²) >= 11 is 0. The lowest BCUT2D eigenvalue weighted by atomic mass is 9.71. The molecule has 1 heterocycles. The van der Waals surface area contributed by atoms with Gasteiger partial charge in [0.25, 0.3) is 0 Å². The third kappa shape index (κ3) is 2.67. The molecule has 1 saturated carbocycles. The zero-order valence-electron chi connectivity index (χ0n) is 11.3. The highest BCUT2D eigenvalue weighted by molar-refractivity contribution is 4.99. The first-order valence-electron chi connectivity index (χ1n) is 7.10. The summed E-state index contributed by atoms with van der Waals surface area (Å²) in [6.07, 6.45) is 8.10. The molecule has 0 spiro atoms. The zero-order chi connectivity index (χ0) is 12.3. The van der Waals surface area contributed by atoms with E-state index in [9.17, 15) is 5.11 Å². The van der Waals surface area contributed by atoms with Crippen molar-refractivity contribution >= 4 is 0 Å². The molecule has 17 heavy (non-hydrogen) atoms. The van der Waals surface area contributed by atoms with Crippen molar-refractivity contribution < 1.29 is 9.84 Å². The molecule has 2 aliphatic rings. The summed E-state index contributed by atoms with van der Waals surface area (Å²) in [5, 5.41) is 10.8. The molecule has 0 radical (unpaired) electrons. The van der Waals surface area contributed by atoms with Gasteiger partial charge in [0.2, 0.25) is 0 Å². The normalized spacial score (nSPS) is 31.4. The molecule has 0 aromatic carbocycles. The highest BCUT2D eigenvalue weighted by Gasteiger charge is 2.44. The molecule has 3 nitrogen and oxygen atoms in total. The summed E-state index contributed by atoms with van der Waals surface area (Å²) < 4.78 is 5.54. The topological polar surface area (TPSA) is 32.7 Å². The molecule has 0 amide bonds. The molecule has 1 N–H and O–H groups in total. The van der Waals surface area contributed by atoms with Gasteiger partial charge in [-0.2, -0.15) is 0 Å². The Hall–Kier alpha value is -0.120. The van der Waals surface area contributed by atoms with Gasteiger partial charge in [0.1, 0.15) is 0 Å². The Morgan fingerprint density at radius 2 is 1.88 bits per heavy atom. The van der Waals surface area contributed by atoms with E-state index in [0.717, 1.165) is 38.9 Å². The van der Waals surface area contributed by atoms with E-state index in [0.29, 0.717) is 5.92 Å². The van der Waals surface area contributed by atoms with Gasteiger partial charge in [0.05, 0.1) is 12.7 Å². The molecule has 2 unspecified atom stereocenters. The predicted molar refractivity (Wildman–Crippen MR) is 69.1 cm³/mol. The molecule has 0 bridgehead atoms. The van der Waals surface area contributed by atoms with Crippen molar-refractivity contribution in [2.24, 2.45) is 5.92 Å². The molecule has 2 rings (SSSR count). The van der Waals surface area contributed by atoms with Crippen LogP contribution in [0.4, 0.5) is 0 Å². The van der Waals surface area contributed by atoms with Gasteiger partial charge in [0, 0.05) is 18.1 Å². The van der Waals surface area contributed by atoms with Crippen molar-refractivity contribution in [1.29, 1.82) is 0 Å². The molecule has 2 fully saturated rings. The van der Waals surface area contributed by atoms with Crippen LogP contribution < -0.4 is 0 Å². The van der Waals surface area contributed by atoms with Gasteiger partial charge >= 0.3 is 0 Å². The molecule has 100 valence electrons. The molecule has 1 aliphatic heterocycles. The molecule has 0 aromatic heterocycles. The number of likely N-dealkylation sites (N-methyl/N-ethyl adjacent to an activating group) is 1. The maximum Gasteiger partial charge on any atom is 0.0773 e. The first kappa shape index (κ1) is 13.3. The summed E-state index contributed by atoms with van der Waals surface area (Å²) in [6, 6.07) is 0. The Morgan fingerprint density at radius 1 is 1.18 bits per heavy atom. The largest absolute Gasteiger partial charge is 0.391 e. The fourth-order valence-corrected chi connectivity index (χ4v) is 3.62. The number of rotatable bonds is 3. The van der Waals surface area contributed by atoms with Crippen molar-refractivity contribution in [3.63, 3.8) is 0 Å². The highest BCUT2D eigenvalue weighted by Crippen LogP contribution is 2.39. The standard InChI is InChI=1S/C14H27NO2/c1-15(2)14(8-4-3-5-9-14)13(16)12-7-6-10-17-11-12/h12-13,16H,3-11H2,1-2H3. The smallest absolute Gasteiger partial charge is 0.0773 e. The second-order valence-corrected chi connectivity index (χ2v) is 5.98. The van der Waals surface area contributed by atoms with E-state index in [1.54, 1.807) is 0 Å². The minimum atomic E-state index is -0.224. The Kier molecular flexibility index (Phi) is 4.45. The van der Waals surface area contributed by atoms with Crippen molar-refractivity contribution in [2.45, 2.75) is 56.6 Å². The third-order valence-corrected chi connectivity index (χ3v) is 4.80. The van der Waals surface area contributed by atoms with Crippen LogP contribution in [0.1, 0.15) is 44.9 Å². The first-order chi connectivity index (χ1) is 8.17. The number of nitrogens with zero attached hydrogens (tertiary/aromatic N) is 1. The molecule has 1 saturated heterocycles. The van der Waals surface area contributed by atoms with Crippen LogP contribution in [0.15, 0.2) is 0 Å². The van der Waals surface area contributed by atoms with Crippen molar-refractivity contribution in [1.82, 2.24) is 4.90 Å². The Bertz CT molecular complexity index is 230. The van der Waals surface area contributed by atoms with E-state index in [1.165, 1.54) is 19.3 Å². The molecular weight excluding hydrogens is 214 g/mol. The Labute approximate surface area is 105 Å².